The number of carbonyl (C=O) groups is 1. The zero-order valence-electron chi connectivity index (χ0n) is 12.8. The van der Waals surface area contributed by atoms with Crippen molar-refractivity contribution in [2.45, 2.75) is 38.1 Å². The molecule has 0 radical (unpaired) electrons. The molecule has 2 N–H and O–H groups in total. The second-order valence-corrected chi connectivity index (χ2v) is 6.33. The van der Waals surface area contributed by atoms with Crippen molar-refractivity contribution in [1.29, 1.82) is 0 Å². The maximum Gasteiger partial charge on any atom is 0.224 e. The number of hydrogen-bond acceptors (Lipinski definition) is 3. The number of nitrogens with one attached hydrogen (secondary N) is 1. The van der Waals surface area contributed by atoms with Crippen LogP contribution in [0.4, 0.5) is 0 Å². The largest absolute Gasteiger partial charge is 0.506 e. The van der Waals surface area contributed by atoms with Crippen LogP contribution in [0.3, 0.4) is 0 Å². The standard InChI is InChI=1S/C17H20ClN3O2/c18-14-10-12(2-5-16(14)22)11-17(23)19-7-1-9-21-15(6-8-20-21)13-3-4-13/h2,5-6,8,10,13,22H,1,3-4,7,9,11H2,(H,19,23). The van der Waals surface area contributed by atoms with E-state index in [1.165, 1.54) is 24.6 Å². The van der Waals surface area contributed by atoms with Gasteiger partial charge in [0.15, 0.2) is 0 Å². The van der Waals surface area contributed by atoms with Gasteiger partial charge in [-0.2, -0.15) is 5.10 Å². The van der Waals surface area contributed by atoms with E-state index in [9.17, 15) is 9.90 Å². The first-order chi connectivity index (χ1) is 11.1. The van der Waals surface area contributed by atoms with E-state index >= 15 is 0 Å². The fourth-order valence-electron chi connectivity index (χ4n) is 2.62. The number of aromatic hydroxyl groups is 1. The summed E-state index contributed by atoms with van der Waals surface area (Å²) in [5.74, 6) is 0.669. The molecule has 2 aromatic rings. The molecule has 1 aromatic heterocycles. The zero-order chi connectivity index (χ0) is 16.2. The first-order valence-electron chi connectivity index (χ1n) is 7.89. The van der Waals surface area contributed by atoms with Crippen LogP contribution in [0, 0.1) is 0 Å². The van der Waals surface area contributed by atoms with Gasteiger partial charge in [0, 0.05) is 30.9 Å². The lowest BCUT2D eigenvalue weighted by Crippen LogP contribution is -2.27. The van der Waals surface area contributed by atoms with Gasteiger partial charge in [0.25, 0.3) is 0 Å². The van der Waals surface area contributed by atoms with Crippen molar-refractivity contribution in [3.05, 3.63) is 46.7 Å². The van der Waals surface area contributed by atoms with E-state index in [1.54, 1.807) is 12.1 Å². The molecule has 0 bridgehead atoms. The van der Waals surface area contributed by atoms with Crippen LogP contribution in [0.2, 0.25) is 5.02 Å². The summed E-state index contributed by atoms with van der Waals surface area (Å²) in [4.78, 5) is 11.9. The van der Waals surface area contributed by atoms with Crippen molar-refractivity contribution in [3.63, 3.8) is 0 Å². The lowest BCUT2D eigenvalue weighted by atomic mass is 10.1. The van der Waals surface area contributed by atoms with Gasteiger partial charge in [0.05, 0.1) is 11.4 Å². The van der Waals surface area contributed by atoms with Crippen molar-refractivity contribution in [3.8, 4) is 5.75 Å². The molecule has 1 aliphatic rings. The van der Waals surface area contributed by atoms with Crippen LogP contribution in [0.15, 0.2) is 30.5 Å². The van der Waals surface area contributed by atoms with Gasteiger partial charge in [-0.15, -0.1) is 0 Å². The molecule has 3 rings (SSSR count). The SMILES string of the molecule is O=C(Cc1ccc(O)c(Cl)c1)NCCCn1nccc1C1CC1. The van der Waals surface area contributed by atoms with Crippen molar-refractivity contribution in [2.24, 2.45) is 0 Å². The van der Waals surface area contributed by atoms with E-state index < -0.39 is 0 Å². The second-order valence-electron chi connectivity index (χ2n) is 5.92. The van der Waals surface area contributed by atoms with E-state index in [0.29, 0.717) is 12.5 Å². The topological polar surface area (TPSA) is 67.2 Å². The van der Waals surface area contributed by atoms with Crippen molar-refractivity contribution >= 4 is 17.5 Å². The average Bonchev–Trinajstić information content (AvgIpc) is 3.26. The summed E-state index contributed by atoms with van der Waals surface area (Å²) in [5.41, 5.74) is 2.10. The Hall–Kier alpha value is -2.01. The van der Waals surface area contributed by atoms with Crippen LogP contribution in [0.1, 0.15) is 36.4 Å². The highest BCUT2D eigenvalue weighted by Gasteiger charge is 2.26. The minimum Gasteiger partial charge on any atom is -0.506 e. The molecule has 5 nitrogen and oxygen atoms in total. The number of nitrogens with zero attached hydrogens (tertiary/aromatic N) is 2. The zero-order valence-corrected chi connectivity index (χ0v) is 13.6. The highest BCUT2D eigenvalue weighted by molar-refractivity contribution is 6.32. The van der Waals surface area contributed by atoms with Gasteiger partial charge in [-0.3, -0.25) is 9.48 Å². The number of phenolic OH excluding ortho intramolecular Hbond substituents is 1. The molecule has 23 heavy (non-hydrogen) atoms. The van der Waals surface area contributed by atoms with Crippen LogP contribution >= 0.6 is 11.6 Å². The highest BCUT2D eigenvalue weighted by Crippen LogP contribution is 2.39. The molecule has 0 spiro atoms. The molecule has 0 unspecified atom stereocenters. The maximum absolute atomic E-state index is 11.9. The third-order valence-electron chi connectivity index (χ3n) is 3.99. The molecule has 0 aliphatic heterocycles. The fraction of sp³-hybridized carbons (Fsp3) is 0.412. The summed E-state index contributed by atoms with van der Waals surface area (Å²) in [6.45, 7) is 1.44. The van der Waals surface area contributed by atoms with Gasteiger partial charge < -0.3 is 10.4 Å². The summed E-state index contributed by atoms with van der Waals surface area (Å²) in [7, 11) is 0. The maximum atomic E-state index is 11.9. The van der Waals surface area contributed by atoms with Gasteiger partial charge in [-0.1, -0.05) is 17.7 Å². The summed E-state index contributed by atoms with van der Waals surface area (Å²) >= 11 is 5.84. The smallest absolute Gasteiger partial charge is 0.224 e. The summed E-state index contributed by atoms with van der Waals surface area (Å²) in [5, 5.41) is 16.9. The predicted molar refractivity (Wildman–Crippen MR) is 88.6 cm³/mol. The first-order valence-corrected chi connectivity index (χ1v) is 8.27. The Morgan fingerprint density at radius 1 is 1.39 bits per heavy atom. The van der Waals surface area contributed by atoms with Crippen LogP contribution < -0.4 is 5.32 Å². The molecule has 6 heteroatoms. The number of phenols is 1. The molecule has 0 saturated heterocycles. The molecule has 1 aliphatic carbocycles. The third kappa shape index (κ3) is 4.26. The summed E-state index contributed by atoms with van der Waals surface area (Å²) in [6.07, 6.45) is 5.48. The number of carbonyl (C=O) groups excluding carboxylic acids is 1. The molecule has 1 aromatic carbocycles. The van der Waals surface area contributed by atoms with E-state index in [2.05, 4.69) is 16.5 Å². The minimum absolute atomic E-state index is 0.0292. The van der Waals surface area contributed by atoms with Crippen LogP contribution in [0.25, 0.3) is 0 Å². The lowest BCUT2D eigenvalue weighted by Gasteiger charge is -2.08. The van der Waals surface area contributed by atoms with E-state index in [4.69, 9.17) is 11.6 Å². The number of hydrogen-bond donors (Lipinski definition) is 2. The van der Waals surface area contributed by atoms with Crippen LogP contribution in [-0.2, 0) is 17.8 Å². The number of benzene rings is 1. The average molecular weight is 334 g/mol. The van der Waals surface area contributed by atoms with Crippen molar-refractivity contribution in [2.75, 3.05) is 6.54 Å². The van der Waals surface area contributed by atoms with Crippen molar-refractivity contribution < 1.29 is 9.90 Å². The lowest BCUT2D eigenvalue weighted by molar-refractivity contribution is -0.120. The van der Waals surface area contributed by atoms with Gasteiger partial charge in [-0.05, 0) is 43.0 Å². The molecule has 1 saturated carbocycles. The van der Waals surface area contributed by atoms with E-state index in [1.807, 2.05) is 10.9 Å². The molecule has 1 fully saturated rings. The van der Waals surface area contributed by atoms with Crippen LogP contribution in [-0.4, -0.2) is 27.3 Å². The monoisotopic (exact) mass is 333 g/mol. The fourth-order valence-corrected chi connectivity index (χ4v) is 2.82. The quantitative estimate of drug-likeness (QED) is 0.766. The van der Waals surface area contributed by atoms with E-state index in [-0.39, 0.29) is 23.1 Å². The molecular weight excluding hydrogens is 314 g/mol. The Morgan fingerprint density at radius 2 is 2.22 bits per heavy atom. The van der Waals surface area contributed by atoms with Crippen LogP contribution in [0.5, 0.6) is 5.75 Å². The Morgan fingerprint density at radius 3 is 2.96 bits per heavy atom. The summed E-state index contributed by atoms with van der Waals surface area (Å²) < 4.78 is 2.05. The number of rotatable bonds is 7. The summed E-state index contributed by atoms with van der Waals surface area (Å²) in [6, 6.07) is 6.90. The number of amides is 1. The van der Waals surface area contributed by atoms with Gasteiger partial charge >= 0.3 is 0 Å². The number of aryl methyl sites for hydroxylation is 1. The molecule has 122 valence electrons. The highest BCUT2D eigenvalue weighted by atomic mass is 35.5. The normalized spacial score (nSPS) is 14.0. The van der Waals surface area contributed by atoms with Crippen molar-refractivity contribution in [1.82, 2.24) is 15.1 Å². The molecule has 1 amide bonds. The predicted octanol–water partition coefficient (Wildman–Crippen LogP) is 2.87. The second kappa shape index (κ2) is 7.04. The first kappa shape index (κ1) is 15.9. The molecule has 1 heterocycles. The third-order valence-corrected chi connectivity index (χ3v) is 4.29. The number of halogens is 1. The Balaban J connectivity index is 1.40. The van der Waals surface area contributed by atoms with E-state index in [0.717, 1.165) is 18.5 Å². The molecule has 0 atom stereocenters. The van der Waals surface area contributed by atoms with Gasteiger partial charge in [0.1, 0.15) is 5.75 Å². The Bertz CT molecular complexity index is 695. The molecular formula is C17H20ClN3O2. The van der Waals surface area contributed by atoms with Gasteiger partial charge in [0.2, 0.25) is 5.91 Å². The van der Waals surface area contributed by atoms with Gasteiger partial charge in [-0.25, -0.2) is 0 Å². The Kier molecular flexibility index (Phi) is 4.86. The Labute approximate surface area is 140 Å². The number of aromatic nitrogens is 2. The minimum atomic E-state index is -0.0466.